The highest BCUT2D eigenvalue weighted by Crippen LogP contribution is 2.35. The fraction of sp³-hybridized carbons (Fsp3) is 0.750. The number of nitrogens with one attached hydrogen (secondary N) is 1. The molecule has 1 fully saturated rings. The zero-order valence-corrected chi connectivity index (χ0v) is 12.6. The third-order valence-electron chi connectivity index (χ3n) is 4.51. The van der Waals surface area contributed by atoms with Gasteiger partial charge in [-0.15, -0.1) is 0 Å². The van der Waals surface area contributed by atoms with Crippen molar-refractivity contribution in [2.45, 2.75) is 58.4 Å². The first-order valence-corrected chi connectivity index (χ1v) is 8.53. The molecule has 102 valence electrons. The van der Waals surface area contributed by atoms with E-state index in [1.807, 2.05) is 11.3 Å². The molecular formula is C16H27NS. The van der Waals surface area contributed by atoms with E-state index in [9.17, 15) is 0 Å². The second-order valence-corrected chi connectivity index (χ2v) is 6.40. The molecule has 1 N–H and O–H groups in total. The van der Waals surface area contributed by atoms with Gasteiger partial charge in [-0.25, -0.2) is 0 Å². The zero-order chi connectivity index (χ0) is 12.8. The molecule has 18 heavy (non-hydrogen) atoms. The Hall–Kier alpha value is -0.340. The average molecular weight is 265 g/mol. The fourth-order valence-electron chi connectivity index (χ4n) is 3.57. The van der Waals surface area contributed by atoms with E-state index in [-0.39, 0.29) is 0 Å². The van der Waals surface area contributed by atoms with Crippen molar-refractivity contribution < 1.29 is 0 Å². The van der Waals surface area contributed by atoms with Crippen LogP contribution in [0.4, 0.5) is 0 Å². The summed E-state index contributed by atoms with van der Waals surface area (Å²) in [6, 6.07) is 2.98. The van der Waals surface area contributed by atoms with Gasteiger partial charge in [0, 0.05) is 6.04 Å². The van der Waals surface area contributed by atoms with Crippen LogP contribution in [-0.4, -0.2) is 12.6 Å². The highest BCUT2D eigenvalue weighted by Gasteiger charge is 2.30. The number of rotatable bonds is 6. The van der Waals surface area contributed by atoms with E-state index in [0.717, 1.165) is 18.4 Å². The molecule has 1 aromatic rings. The van der Waals surface area contributed by atoms with Crippen LogP contribution in [-0.2, 0) is 6.42 Å². The van der Waals surface area contributed by atoms with Gasteiger partial charge in [0.25, 0.3) is 0 Å². The highest BCUT2D eigenvalue weighted by molar-refractivity contribution is 7.07. The Balaban J connectivity index is 2.02. The van der Waals surface area contributed by atoms with Gasteiger partial charge < -0.3 is 5.32 Å². The lowest BCUT2D eigenvalue weighted by Gasteiger charge is -2.37. The molecule has 0 aromatic carbocycles. The van der Waals surface area contributed by atoms with Crippen molar-refractivity contribution in [1.29, 1.82) is 0 Å². The van der Waals surface area contributed by atoms with Crippen LogP contribution in [0.5, 0.6) is 0 Å². The summed E-state index contributed by atoms with van der Waals surface area (Å²) in [4.78, 5) is 0. The zero-order valence-electron chi connectivity index (χ0n) is 11.8. The molecule has 3 atom stereocenters. The van der Waals surface area contributed by atoms with E-state index in [2.05, 4.69) is 36.0 Å². The molecule has 0 aliphatic heterocycles. The van der Waals surface area contributed by atoms with Gasteiger partial charge in [-0.1, -0.05) is 39.5 Å². The van der Waals surface area contributed by atoms with Gasteiger partial charge in [-0.05, 0) is 53.6 Å². The van der Waals surface area contributed by atoms with Gasteiger partial charge in [-0.3, -0.25) is 0 Å². The predicted molar refractivity (Wildman–Crippen MR) is 81.2 cm³/mol. The van der Waals surface area contributed by atoms with Crippen molar-refractivity contribution >= 4 is 11.3 Å². The maximum absolute atomic E-state index is 3.76. The third-order valence-corrected chi connectivity index (χ3v) is 5.24. The van der Waals surface area contributed by atoms with Crippen molar-refractivity contribution in [1.82, 2.24) is 5.32 Å². The van der Waals surface area contributed by atoms with Crippen LogP contribution < -0.4 is 5.32 Å². The molecule has 0 spiro atoms. The molecule has 1 aliphatic rings. The lowest BCUT2D eigenvalue weighted by molar-refractivity contribution is 0.175. The molecule has 1 aliphatic carbocycles. The summed E-state index contributed by atoms with van der Waals surface area (Å²) in [5, 5.41) is 8.28. The van der Waals surface area contributed by atoms with Crippen LogP contribution in [0.3, 0.4) is 0 Å². The van der Waals surface area contributed by atoms with Crippen molar-refractivity contribution in [2.75, 3.05) is 6.54 Å². The molecule has 1 saturated carbocycles. The Labute approximate surface area is 116 Å². The number of hydrogen-bond acceptors (Lipinski definition) is 2. The quantitative estimate of drug-likeness (QED) is 0.799. The highest BCUT2D eigenvalue weighted by atomic mass is 32.1. The second-order valence-electron chi connectivity index (χ2n) is 5.62. The van der Waals surface area contributed by atoms with Crippen molar-refractivity contribution in [2.24, 2.45) is 11.8 Å². The Kier molecular flexibility index (Phi) is 5.71. The molecular weight excluding hydrogens is 238 g/mol. The van der Waals surface area contributed by atoms with E-state index in [0.29, 0.717) is 6.04 Å². The maximum atomic E-state index is 3.76. The van der Waals surface area contributed by atoms with Crippen molar-refractivity contribution in [3.8, 4) is 0 Å². The Morgan fingerprint density at radius 2 is 2.17 bits per heavy atom. The van der Waals surface area contributed by atoms with Crippen LogP contribution >= 0.6 is 11.3 Å². The number of hydrogen-bond donors (Lipinski definition) is 1. The van der Waals surface area contributed by atoms with Gasteiger partial charge in [0.1, 0.15) is 0 Å². The SMILES string of the molecule is CCNC(Cc1ccsc1)C1CCCCC1CC. The van der Waals surface area contributed by atoms with Gasteiger partial charge in [0.05, 0.1) is 0 Å². The van der Waals surface area contributed by atoms with Gasteiger partial charge in [0.2, 0.25) is 0 Å². The van der Waals surface area contributed by atoms with Gasteiger partial charge in [0.15, 0.2) is 0 Å². The van der Waals surface area contributed by atoms with Crippen molar-refractivity contribution in [3.63, 3.8) is 0 Å². The molecule has 3 unspecified atom stereocenters. The summed E-state index contributed by atoms with van der Waals surface area (Å²) in [7, 11) is 0. The summed E-state index contributed by atoms with van der Waals surface area (Å²) >= 11 is 1.83. The monoisotopic (exact) mass is 265 g/mol. The Morgan fingerprint density at radius 1 is 1.33 bits per heavy atom. The maximum Gasteiger partial charge on any atom is 0.0138 e. The van der Waals surface area contributed by atoms with E-state index < -0.39 is 0 Å². The second kappa shape index (κ2) is 7.30. The topological polar surface area (TPSA) is 12.0 Å². The van der Waals surface area contributed by atoms with Gasteiger partial charge in [-0.2, -0.15) is 11.3 Å². The van der Waals surface area contributed by atoms with Crippen LogP contribution in [0.15, 0.2) is 16.8 Å². The lowest BCUT2D eigenvalue weighted by Crippen LogP contribution is -2.42. The first-order chi connectivity index (χ1) is 8.85. The smallest absolute Gasteiger partial charge is 0.0138 e. The van der Waals surface area contributed by atoms with E-state index in [1.165, 1.54) is 44.1 Å². The molecule has 0 saturated heterocycles. The molecule has 1 heterocycles. The molecule has 1 aromatic heterocycles. The van der Waals surface area contributed by atoms with Crippen LogP contribution in [0.25, 0.3) is 0 Å². The summed E-state index contributed by atoms with van der Waals surface area (Å²) in [5.74, 6) is 1.84. The van der Waals surface area contributed by atoms with E-state index in [4.69, 9.17) is 0 Å². The van der Waals surface area contributed by atoms with E-state index >= 15 is 0 Å². The van der Waals surface area contributed by atoms with Crippen LogP contribution in [0, 0.1) is 11.8 Å². The summed E-state index contributed by atoms with van der Waals surface area (Å²) in [6.45, 7) is 5.71. The Morgan fingerprint density at radius 3 is 2.83 bits per heavy atom. The third kappa shape index (κ3) is 3.58. The minimum atomic E-state index is 0.690. The first kappa shape index (κ1) is 14.1. The summed E-state index contributed by atoms with van der Waals surface area (Å²) < 4.78 is 0. The standard InChI is InChI=1S/C16H27NS/c1-3-14-7-5-6-8-15(14)16(17-4-2)11-13-9-10-18-12-13/h9-10,12,14-17H,3-8,11H2,1-2H3. The first-order valence-electron chi connectivity index (χ1n) is 7.59. The van der Waals surface area contributed by atoms with Crippen LogP contribution in [0.2, 0.25) is 0 Å². The van der Waals surface area contributed by atoms with E-state index in [1.54, 1.807) is 0 Å². The minimum Gasteiger partial charge on any atom is -0.314 e. The molecule has 0 radical (unpaired) electrons. The minimum absolute atomic E-state index is 0.690. The molecule has 0 amide bonds. The van der Waals surface area contributed by atoms with Gasteiger partial charge >= 0.3 is 0 Å². The summed E-state index contributed by atoms with van der Waals surface area (Å²) in [6.07, 6.45) is 8.35. The Bertz CT molecular complexity index is 320. The number of likely N-dealkylation sites (N-methyl/N-ethyl adjacent to an activating group) is 1. The molecule has 2 heteroatoms. The molecule has 1 nitrogen and oxygen atoms in total. The fourth-order valence-corrected chi connectivity index (χ4v) is 4.25. The molecule has 2 rings (SSSR count). The number of thiophene rings is 1. The summed E-state index contributed by atoms with van der Waals surface area (Å²) in [5.41, 5.74) is 1.52. The largest absolute Gasteiger partial charge is 0.314 e. The predicted octanol–water partition coefficient (Wildman–Crippen LogP) is 4.49. The molecule has 0 bridgehead atoms. The van der Waals surface area contributed by atoms with Crippen LogP contribution in [0.1, 0.15) is 51.5 Å². The average Bonchev–Trinajstić information content (AvgIpc) is 2.91. The van der Waals surface area contributed by atoms with Crippen molar-refractivity contribution in [3.05, 3.63) is 22.4 Å². The lowest BCUT2D eigenvalue weighted by atomic mass is 9.73. The normalized spacial score (nSPS) is 26.1.